The van der Waals surface area contributed by atoms with Gasteiger partial charge < -0.3 is 25.3 Å². The summed E-state index contributed by atoms with van der Waals surface area (Å²) in [6.07, 6.45) is -0.299. The number of benzene rings is 2. The lowest BCUT2D eigenvalue weighted by atomic mass is 10.1. The van der Waals surface area contributed by atoms with Gasteiger partial charge in [-0.2, -0.15) is 0 Å². The minimum absolute atomic E-state index is 0.252. The number of amides is 2. The maximum Gasteiger partial charge on any atom is 0.338 e. The van der Waals surface area contributed by atoms with Crippen molar-refractivity contribution in [3.05, 3.63) is 59.7 Å². The molecule has 8 nitrogen and oxygen atoms in total. The monoisotopic (exact) mass is 400 g/mol. The van der Waals surface area contributed by atoms with Crippen LogP contribution in [0, 0.1) is 0 Å². The van der Waals surface area contributed by atoms with Crippen molar-refractivity contribution in [3.8, 4) is 11.5 Å². The van der Waals surface area contributed by atoms with Gasteiger partial charge in [0.15, 0.2) is 12.7 Å². The molecule has 0 bridgehead atoms. The zero-order chi connectivity index (χ0) is 21.2. The van der Waals surface area contributed by atoms with E-state index in [-0.39, 0.29) is 18.1 Å². The van der Waals surface area contributed by atoms with Crippen molar-refractivity contribution < 1.29 is 28.6 Å². The van der Waals surface area contributed by atoms with Crippen LogP contribution < -0.4 is 20.5 Å². The summed E-state index contributed by atoms with van der Waals surface area (Å²) in [7, 11) is 1.60. The molecule has 2 aromatic carbocycles. The second-order valence-electron chi connectivity index (χ2n) is 6.22. The molecule has 0 radical (unpaired) electrons. The Balaban J connectivity index is 1.77. The van der Waals surface area contributed by atoms with E-state index in [9.17, 15) is 14.4 Å². The highest BCUT2D eigenvalue weighted by Gasteiger charge is 2.18. The lowest BCUT2D eigenvalue weighted by Crippen LogP contribution is -2.36. The molecular formula is C21H24N2O6. The Morgan fingerprint density at radius 3 is 2.21 bits per heavy atom. The largest absolute Gasteiger partial charge is 0.497 e. The van der Waals surface area contributed by atoms with Gasteiger partial charge in [0.25, 0.3) is 11.8 Å². The molecule has 154 valence electrons. The normalized spacial score (nSPS) is 11.2. The summed E-state index contributed by atoms with van der Waals surface area (Å²) in [5.41, 5.74) is 6.31. The highest BCUT2D eigenvalue weighted by molar-refractivity contribution is 5.92. The van der Waals surface area contributed by atoms with E-state index in [1.54, 1.807) is 7.11 Å². The van der Waals surface area contributed by atoms with Gasteiger partial charge in [0.1, 0.15) is 11.5 Å². The number of carbonyl (C=O) groups excluding carboxylic acids is 3. The van der Waals surface area contributed by atoms with Gasteiger partial charge in [0.2, 0.25) is 0 Å². The number of hydrogen-bond acceptors (Lipinski definition) is 6. The van der Waals surface area contributed by atoms with Crippen LogP contribution in [0.4, 0.5) is 0 Å². The molecule has 2 amide bonds. The second kappa shape index (κ2) is 10.7. The average Bonchev–Trinajstić information content (AvgIpc) is 2.72. The molecule has 1 atom stereocenters. The fourth-order valence-corrected chi connectivity index (χ4v) is 2.39. The molecule has 0 aromatic heterocycles. The molecule has 0 aliphatic heterocycles. The van der Waals surface area contributed by atoms with Crippen molar-refractivity contribution in [1.82, 2.24) is 5.32 Å². The van der Waals surface area contributed by atoms with Gasteiger partial charge in [-0.25, -0.2) is 4.79 Å². The molecule has 0 saturated carbocycles. The SMILES string of the molecule is COc1ccc(CCNC(=O)[C@H](C)OC(=O)c2ccc(OCC(N)=O)cc2)cc1. The molecule has 29 heavy (non-hydrogen) atoms. The Hall–Kier alpha value is -3.55. The minimum atomic E-state index is -0.941. The number of primary amides is 1. The van der Waals surface area contributed by atoms with E-state index in [0.717, 1.165) is 11.3 Å². The molecule has 0 aliphatic carbocycles. The summed E-state index contributed by atoms with van der Waals surface area (Å²) in [5, 5.41) is 2.74. The van der Waals surface area contributed by atoms with E-state index in [1.165, 1.54) is 31.2 Å². The van der Waals surface area contributed by atoms with E-state index in [0.29, 0.717) is 18.7 Å². The van der Waals surface area contributed by atoms with Crippen LogP contribution in [0.15, 0.2) is 48.5 Å². The van der Waals surface area contributed by atoms with Crippen LogP contribution in [0.5, 0.6) is 11.5 Å². The van der Waals surface area contributed by atoms with Gasteiger partial charge in [-0.1, -0.05) is 12.1 Å². The number of hydrogen-bond donors (Lipinski definition) is 2. The second-order valence-corrected chi connectivity index (χ2v) is 6.22. The Morgan fingerprint density at radius 2 is 1.62 bits per heavy atom. The fourth-order valence-electron chi connectivity index (χ4n) is 2.39. The first-order chi connectivity index (χ1) is 13.9. The van der Waals surface area contributed by atoms with Gasteiger partial charge in [0.05, 0.1) is 12.7 Å². The average molecular weight is 400 g/mol. The summed E-state index contributed by atoms with van der Waals surface area (Å²) in [5.74, 6) is -0.451. The van der Waals surface area contributed by atoms with Crippen molar-refractivity contribution >= 4 is 17.8 Å². The third kappa shape index (κ3) is 7.17. The summed E-state index contributed by atoms with van der Waals surface area (Å²) >= 11 is 0. The van der Waals surface area contributed by atoms with E-state index in [4.69, 9.17) is 19.9 Å². The van der Waals surface area contributed by atoms with Gasteiger partial charge in [-0.15, -0.1) is 0 Å². The van der Waals surface area contributed by atoms with Crippen LogP contribution in [-0.2, 0) is 20.7 Å². The fraction of sp³-hybridized carbons (Fsp3) is 0.286. The van der Waals surface area contributed by atoms with E-state index in [2.05, 4.69) is 5.32 Å². The zero-order valence-electron chi connectivity index (χ0n) is 16.3. The predicted octanol–water partition coefficient (Wildman–Crippen LogP) is 1.46. The molecule has 0 saturated heterocycles. The molecule has 2 aromatic rings. The first kappa shape index (κ1) is 21.7. The predicted molar refractivity (Wildman–Crippen MR) is 106 cm³/mol. The number of ether oxygens (including phenoxy) is 3. The quantitative estimate of drug-likeness (QED) is 0.583. The van der Waals surface area contributed by atoms with Gasteiger partial charge in [-0.3, -0.25) is 9.59 Å². The van der Waals surface area contributed by atoms with Crippen LogP contribution in [0.25, 0.3) is 0 Å². The van der Waals surface area contributed by atoms with Crippen molar-refractivity contribution in [1.29, 1.82) is 0 Å². The number of esters is 1. The van der Waals surface area contributed by atoms with Crippen molar-refractivity contribution in [2.24, 2.45) is 5.73 Å². The number of nitrogens with two attached hydrogens (primary N) is 1. The smallest absolute Gasteiger partial charge is 0.338 e. The van der Waals surface area contributed by atoms with Crippen LogP contribution in [-0.4, -0.2) is 44.1 Å². The molecule has 8 heteroatoms. The lowest BCUT2D eigenvalue weighted by Gasteiger charge is -2.14. The standard InChI is InChI=1S/C21H24N2O6/c1-14(20(25)23-12-11-15-3-7-17(27-2)8-4-15)29-21(26)16-5-9-18(10-6-16)28-13-19(22)24/h3-10,14H,11-13H2,1-2H3,(H2,22,24)(H,23,25)/t14-/m0/s1. The van der Waals surface area contributed by atoms with E-state index in [1.807, 2.05) is 24.3 Å². The minimum Gasteiger partial charge on any atom is -0.497 e. The van der Waals surface area contributed by atoms with Crippen molar-refractivity contribution in [2.75, 3.05) is 20.3 Å². The molecule has 0 fully saturated rings. The molecule has 2 rings (SSSR count). The summed E-state index contributed by atoms with van der Waals surface area (Å²) in [6.45, 7) is 1.67. The number of nitrogens with one attached hydrogen (secondary N) is 1. The van der Waals surface area contributed by atoms with Crippen molar-refractivity contribution in [2.45, 2.75) is 19.4 Å². The Kier molecular flexibility index (Phi) is 8.02. The Labute approximate surface area is 168 Å². The van der Waals surface area contributed by atoms with E-state index >= 15 is 0 Å². The molecule has 0 aliphatic rings. The summed E-state index contributed by atoms with van der Waals surface area (Å²) < 4.78 is 15.4. The maximum atomic E-state index is 12.2. The molecule has 0 heterocycles. The van der Waals surface area contributed by atoms with Crippen LogP contribution in [0.3, 0.4) is 0 Å². The first-order valence-electron chi connectivity index (χ1n) is 9.02. The number of methoxy groups -OCH3 is 1. The zero-order valence-corrected chi connectivity index (χ0v) is 16.3. The first-order valence-corrected chi connectivity index (χ1v) is 9.02. The third-order valence-corrected chi connectivity index (χ3v) is 4.00. The number of carbonyl (C=O) groups is 3. The van der Waals surface area contributed by atoms with Crippen LogP contribution in [0.2, 0.25) is 0 Å². The van der Waals surface area contributed by atoms with E-state index < -0.39 is 18.0 Å². The highest BCUT2D eigenvalue weighted by Crippen LogP contribution is 2.14. The Morgan fingerprint density at radius 1 is 1.00 bits per heavy atom. The van der Waals surface area contributed by atoms with Gasteiger partial charge in [-0.05, 0) is 55.3 Å². The number of rotatable bonds is 10. The maximum absolute atomic E-state index is 12.2. The topological polar surface area (TPSA) is 117 Å². The molecular weight excluding hydrogens is 376 g/mol. The summed E-state index contributed by atoms with van der Waals surface area (Å²) in [4.78, 5) is 35.0. The third-order valence-electron chi connectivity index (χ3n) is 4.00. The molecule has 3 N–H and O–H groups in total. The van der Waals surface area contributed by atoms with Crippen LogP contribution >= 0.6 is 0 Å². The lowest BCUT2D eigenvalue weighted by molar-refractivity contribution is -0.129. The highest BCUT2D eigenvalue weighted by atomic mass is 16.5. The molecule has 0 spiro atoms. The molecule has 0 unspecified atom stereocenters. The Bertz CT molecular complexity index is 833. The van der Waals surface area contributed by atoms with Gasteiger partial charge >= 0.3 is 5.97 Å². The van der Waals surface area contributed by atoms with Gasteiger partial charge in [0, 0.05) is 6.54 Å². The summed E-state index contributed by atoms with van der Waals surface area (Å²) in [6, 6.07) is 13.5. The van der Waals surface area contributed by atoms with Crippen LogP contribution in [0.1, 0.15) is 22.8 Å². The van der Waals surface area contributed by atoms with Crippen molar-refractivity contribution in [3.63, 3.8) is 0 Å².